The number of carbonyl (C=O) groups is 2. The molecule has 1 aromatic heterocycles. The Balaban J connectivity index is 1.54. The summed E-state index contributed by atoms with van der Waals surface area (Å²) < 4.78 is 1.63. The molecule has 1 aliphatic rings. The average Bonchev–Trinajstić information content (AvgIpc) is 3.00. The van der Waals surface area contributed by atoms with Gasteiger partial charge in [-0.15, -0.1) is 0 Å². The molecule has 7 nitrogen and oxygen atoms in total. The van der Waals surface area contributed by atoms with Crippen molar-refractivity contribution in [3.63, 3.8) is 0 Å². The molecular formula is C16H19N5O2. The number of carbonyl (C=O) groups excluding carboxylic acids is 2. The van der Waals surface area contributed by atoms with E-state index in [1.54, 1.807) is 33.8 Å². The highest BCUT2D eigenvalue weighted by Crippen LogP contribution is 2.10. The van der Waals surface area contributed by atoms with Crippen molar-refractivity contribution in [2.24, 2.45) is 7.05 Å². The van der Waals surface area contributed by atoms with E-state index >= 15 is 0 Å². The lowest BCUT2D eigenvalue weighted by atomic mass is 10.2. The van der Waals surface area contributed by atoms with E-state index in [0.717, 1.165) is 0 Å². The second kappa shape index (κ2) is 6.51. The van der Waals surface area contributed by atoms with Crippen LogP contribution in [0.4, 0.5) is 10.6 Å². The van der Waals surface area contributed by atoms with Crippen LogP contribution in [-0.4, -0.2) is 57.7 Å². The topological polar surface area (TPSA) is 70.5 Å². The lowest BCUT2D eigenvalue weighted by Crippen LogP contribution is -2.51. The molecule has 0 radical (unpaired) electrons. The average molecular weight is 313 g/mol. The smallest absolute Gasteiger partial charge is 0.323 e. The second-order valence-corrected chi connectivity index (χ2v) is 5.45. The normalized spacial score (nSPS) is 14.7. The van der Waals surface area contributed by atoms with Gasteiger partial charge in [0.05, 0.1) is 0 Å². The van der Waals surface area contributed by atoms with Gasteiger partial charge in [-0.25, -0.2) is 4.79 Å². The maximum absolute atomic E-state index is 12.4. The minimum absolute atomic E-state index is 0.00962. The molecule has 1 N–H and O–H groups in total. The summed E-state index contributed by atoms with van der Waals surface area (Å²) >= 11 is 0. The number of anilines is 1. The molecule has 1 aliphatic heterocycles. The van der Waals surface area contributed by atoms with Crippen LogP contribution in [0, 0.1) is 0 Å². The number of urea groups is 1. The van der Waals surface area contributed by atoms with E-state index in [9.17, 15) is 9.59 Å². The van der Waals surface area contributed by atoms with E-state index in [1.165, 1.54) is 0 Å². The van der Waals surface area contributed by atoms with E-state index < -0.39 is 0 Å². The van der Waals surface area contributed by atoms with E-state index in [2.05, 4.69) is 10.4 Å². The number of nitrogens with zero attached hydrogens (tertiary/aromatic N) is 4. The van der Waals surface area contributed by atoms with Crippen LogP contribution < -0.4 is 5.32 Å². The Bertz CT molecular complexity index is 690. The Morgan fingerprint density at radius 1 is 1.00 bits per heavy atom. The summed E-state index contributed by atoms with van der Waals surface area (Å²) in [6.07, 6.45) is 1.77. The van der Waals surface area contributed by atoms with E-state index in [-0.39, 0.29) is 11.9 Å². The Morgan fingerprint density at radius 2 is 1.65 bits per heavy atom. The van der Waals surface area contributed by atoms with Gasteiger partial charge in [-0.05, 0) is 12.1 Å². The first-order valence-corrected chi connectivity index (χ1v) is 7.53. The molecule has 0 atom stereocenters. The van der Waals surface area contributed by atoms with Crippen LogP contribution in [0.5, 0.6) is 0 Å². The van der Waals surface area contributed by atoms with Gasteiger partial charge in [0.25, 0.3) is 5.91 Å². The van der Waals surface area contributed by atoms with Crippen LogP contribution in [0.2, 0.25) is 0 Å². The largest absolute Gasteiger partial charge is 0.335 e. The standard InChI is InChI=1S/C16H19N5O2/c1-19-8-7-14(18-19)17-16(23)21-11-9-20(10-12-21)15(22)13-5-3-2-4-6-13/h2-8H,9-12H2,1H3,(H,17,18,23). The summed E-state index contributed by atoms with van der Waals surface area (Å²) in [6.45, 7) is 2.08. The highest BCUT2D eigenvalue weighted by atomic mass is 16.2. The fourth-order valence-corrected chi connectivity index (χ4v) is 2.55. The van der Waals surface area contributed by atoms with Crippen LogP contribution in [0.1, 0.15) is 10.4 Å². The minimum atomic E-state index is -0.185. The molecule has 0 aliphatic carbocycles. The highest BCUT2D eigenvalue weighted by molar-refractivity contribution is 5.94. The zero-order valence-corrected chi connectivity index (χ0v) is 13.0. The van der Waals surface area contributed by atoms with Gasteiger partial charge in [0.15, 0.2) is 5.82 Å². The molecule has 7 heteroatoms. The highest BCUT2D eigenvalue weighted by Gasteiger charge is 2.25. The third-order valence-electron chi connectivity index (χ3n) is 3.82. The minimum Gasteiger partial charge on any atom is -0.335 e. The maximum atomic E-state index is 12.4. The van der Waals surface area contributed by atoms with Crippen LogP contribution in [0.3, 0.4) is 0 Å². The lowest BCUT2D eigenvalue weighted by Gasteiger charge is -2.34. The molecule has 2 aromatic rings. The van der Waals surface area contributed by atoms with Crippen molar-refractivity contribution in [3.05, 3.63) is 48.2 Å². The number of aryl methyl sites for hydroxylation is 1. The van der Waals surface area contributed by atoms with Crippen molar-refractivity contribution in [2.45, 2.75) is 0 Å². The Hall–Kier alpha value is -2.83. The first-order chi connectivity index (χ1) is 11.1. The van der Waals surface area contributed by atoms with Crippen molar-refractivity contribution in [2.75, 3.05) is 31.5 Å². The van der Waals surface area contributed by atoms with Crippen LogP contribution in [0.25, 0.3) is 0 Å². The Kier molecular flexibility index (Phi) is 4.27. The van der Waals surface area contributed by atoms with Crippen molar-refractivity contribution in [1.82, 2.24) is 19.6 Å². The van der Waals surface area contributed by atoms with Gasteiger partial charge in [-0.2, -0.15) is 5.10 Å². The molecule has 0 bridgehead atoms. The molecule has 0 unspecified atom stereocenters. The van der Waals surface area contributed by atoms with Gasteiger partial charge < -0.3 is 9.80 Å². The molecule has 3 amide bonds. The maximum Gasteiger partial charge on any atom is 0.323 e. The number of nitrogens with one attached hydrogen (secondary N) is 1. The van der Waals surface area contributed by atoms with Crippen molar-refractivity contribution in [3.8, 4) is 0 Å². The molecule has 2 heterocycles. The van der Waals surface area contributed by atoms with Crippen molar-refractivity contribution in [1.29, 1.82) is 0 Å². The number of hydrogen-bond donors (Lipinski definition) is 1. The second-order valence-electron chi connectivity index (χ2n) is 5.45. The molecule has 1 fully saturated rings. The summed E-state index contributed by atoms with van der Waals surface area (Å²) in [4.78, 5) is 28.0. The van der Waals surface area contributed by atoms with Gasteiger partial charge in [-0.3, -0.25) is 14.8 Å². The molecule has 1 aromatic carbocycles. The fourth-order valence-electron chi connectivity index (χ4n) is 2.55. The summed E-state index contributed by atoms with van der Waals surface area (Å²) in [5, 5.41) is 6.88. The van der Waals surface area contributed by atoms with Gasteiger partial charge >= 0.3 is 6.03 Å². The number of benzene rings is 1. The monoisotopic (exact) mass is 313 g/mol. The van der Waals surface area contributed by atoms with Crippen molar-refractivity contribution < 1.29 is 9.59 Å². The first kappa shape index (κ1) is 15.1. The molecule has 0 spiro atoms. The lowest BCUT2D eigenvalue weighted by molar-refractivity contribution is 0.0671. The molecule has 120 valence electrons. The zero-order valence-electron chi connectivity index (χ0n) is 13.0. The molecule has 3 rings (SSSR count). The van der Waals surface area contributed by atoms with Crippen molar-refractivity contribution >= 4 is 17.8 Å². The Labute approximate surface area is 134 Å². The summed E-state index contributed by atoms with van der Waals surface area (Å²) in [5.41, 5.74) is 0.680. The number of aromatic nitrogens is 2. The molecule has 0 saturated carbocycles. The van der Waals surface area contributed by atoms with Gasteiger partial charge in [0, 0.05) is 51.1 Å². The number of piperazine rings is 1. The zero-order chi connectivity index (χ0) is 16.2. The predicted octanol–water partition coefficient (Wildman–Crippen LogP) is 1.41. The summed E-state index contributed by atoms with van der Waals surface area (Å²) in [5.74, 6) is 0.538. The number of amides is 3. The molecule has 23 heavy (non-hydrogen) atoms. The number of hydrogen-bond acceptors (Lipinski definition) is 3. The SMILES string of the molecule is Cn1ccc(NC(=O)N2CCN(C(=O)c3ccccc3)CC2)n1. The predicted molar refractivity (Wildman–Crippen MR) is 86.1 cm³/mol. The van der Waals surface area contributed by atoms with Crippen LogP contribution in [-0.2, 0) is 7.05 Å². The molecule has 1 saturated heterocycles. The van der Waals surface area contributed by atoms with Crippen LogP contribution >= 0.6 is 0 Å². The van der Waals surface area contributed by atoms with E-state index in [4.69, 9.17) is 0 Å². The van der Waals surface area contributed by atoms with E-state index in [1.807, 2.05) is 30.3 Å². The van der Waals surface area contributed by atoms with Gasteiger partial charge in [-0.1, -0.05) is 18.2 Å². The Morgan fingerprint density at radius 3 is 2.26 bits per heavy atom. The van der Waals surface area contributed by atoms with E-state index in [0.29, 0.717) is 37.6 Å². The molecular weight excluding hydrogens is 294 g/mol. The quantitative estimate of drug-likeness (QED) is 0.911. The van der Waals surface area contributed by atoms with Gasteiger partial charge in [0.2, 0.25) is 0 Å². The summed E-state index contributed by atoms with van der Waals surface area (Å²) in [6, 6.07) is 10.8. The van der Waals surface area contributed by atoms with Crippen LogP contribution in [0.15, 0.2) is 42.6 Å². The summed E-state index contributed by atoms with van der Waals surface area (Å²) in [7, 11) is 1.80. The van der Waals surface area contributed by atoms with Gasteiger partial charge in [0.1, 0.15) is 0 Å². The fraction of sp³-hybridized carbons (Fsp3) is 0.312. The third-order valence-corrected chi connectivity index (χ3v) is 3.82. The number of rotatable bonds is 2. The first-order valence-electron chi connectivity index (χ1n) is 7.53. The third kappa shape index (κ3) is 3.50.